The van der Waals surface area contributed by atoms with E-state index in [1.54, 1.807) is 31.4 Å². The predicted octanol–water partition coefficient (Wildman–Crippen LogP) is 4.61. The molecule has 0 N–H and O–H groups in total. The number of methoxy groups -OCH3 is 1. The van der Waals surface area contributed by atoms with Gasteiger partial charge >= 0.3 is 0 Å². The molecule has 178 valence electrons. The number of ether oxygens (including phenoxy) is 1. The molecule has 1 aromatic heterocycles. The van der Waals surface area contributed by atoms with Crippen molar-refractivity contribution in [3.63, 3.8) is 0 Å². The van der Waals surface area contributed by atoms with Gasteiger partial charge in [0.1, 0.15) is 5.82 Å². The molecule has 3 rings (SSSR count). The molecule has 0 fully saturated rings. The normalized spacial score (nSPS) is 12.9. The number of hydrogen-bond donors (Lipinski definition) is 0. The van der Waals surface area contributed by atoms with Crippen LogP contribution < -0.4 is 0 Å². The smallest absolute Gasteiger partial charge is 0.243 e. The van der Waals surface area contributed by atoms with Crippen LogP contribution in [-0.2, 0) is 20.5 Å². The SMILES string of the molecule is CCN(CC)S(=O)(=O)c1cccc(-c2nnc(SCc3cccc(F)c3)n2[C@H](C)COC)c1. The van der Waals surface area contributed by atoms with Gasteiger partial charge in [-0.1, -0.05) is 49.9 Å². The van der Waals surface area contributed by atoms with Gasteiger partial charge in [-0.25, -0.2) is 12.8 Å². The van der Waals surface area contributed by atoms with Crippen LogP contribution in [0.25, 0.3) is 11.4 Å². The van der Waals surface area contributed by atoms with Crippen molar-refractivity contribution in [3.8, 4) is 11.4 Å². The average Bonchev–Trinajstić information content (AvgIpc) is 3.23. The standard InChI is InChI=1S/C23H29FN4O3S2/c1-5-27(6-2)33(29,30)21-12-8-10-19(14-21)22-25-26-23(28(22)17(3)15-31-4)32-16-18-9-7-11-20(24)13-18/h7-14,17H,5-6,15-16H2,1-4H3/t17-/m1/s1. The molecule has 0 aliphatic rings. The Labute approximate surface area is 199 Å². The minimum atomic E-state index is -3.61. The van der Waals surface area contributed by atoms with Gasteiger partial charge in [0.15, 0.2) is 11.0 Å². The van der Waals surface area contributed by atoms with E-state index < -0.39 is 10.0 Å². The van der Waals surface area contributed by atoms with E-state index in [0.717, 1.165) is 5.56 Å². The fourth-order valence-electron chi connectivity index (χ4n) is 3.57. The topological polar surface area (TPSA) is 77.3 Å². The zero-order valence-electron chi connectivity index (χ0n) is 19.2. The highest BCUT2D eigenvalue weighted by Gasteiger charge is 2.24. The fraction of sp³-hybridized carbons (Fsp3) is 0.391. The summed E-state index contributed by atoms with van der Waals surface area (Å²) in [5.74, 6) is 0.790. The number of benzene rings is 2. The minimum Gasteiger partial charge on any atom is -0.383 e. The molecule has 0 unspecified atom stereocenters. The summed E-state index contributed by atoms with van der Waals surface area (Å²) in [4.78, 5) is 0.214. The lowest BCUT2D eigenvalue weighted by molar-refractivity contribution is 0.159. The van der Waals surface area contributed by atoms with E-state index in [0.29, 0.717) is 42.0 Å². The molecule has 0 amide bonds. The molecule has 7 nitrogen and oxygen atoms in total. The van der Waals surface area contributed by atoms with Crippen molar-refractivity contribution >= 4 is 21.8 Å². The maximum atomic E-state index is 13.6. The highest BCUT2D eigenvalue weighted by Crippen LogP contribution is 2.31. The van der Waals surface area contributed by atoms with E-state index in [-0.39, 0.29) is 16.8 Å². The number of aromatic nitrogens is 3. The Bertz CT molecular complexity index is 1180. The van der Waals surface area contributed by atoms with Crippen molar-refractivity contribution in [1.82, 2.24) is 19.1 Å². The van der Waals surface area contributed by atoms with Gasteiger partial charge in [0.2, 0.25) is 10.0 Å². The molecule has 1 atom stereocenters. The molecule has 0 saturated carbocycles. The van der Waals surface area contributed by atoms with Crippen molar-refractivity contribution in [2.45, 2.75) is 42.6 Å². The van der Waals surface area contributed by atoms with Gasteiger partial charge in [-0.05, 0) is 36.8 Å². The third-order valence-corrected chi connectivity index (χ3v) is 8.27. The van der Waals surface area contributed by atoms with E-state index in [1.165, 1.54) is 28.2 Å². The van der Waals surface area contributed by atoms with E-state index in [4.69, 9.17) is 4.74 Å². The number of nitrogens with zero attached hydrogens (tertiary/aromatic N) is 4. The largest absolute Gasteiger partial charge is 0.383 e. The fourth-order valence-corrected chi connectivity index (χ4v) is 6.05. The van der Waals surface area contributed by atoms with E-state index >= 15 is 0 Å². The Kier molecular flexibility index (Phi) is 8.63. The van der Waals surface area contributed by atoms with Crippen LogP contribution in [0, 0.1) is 5.82 Å². The van der Waals surface area contributed by atoms with Gasteiger partial charge in [0.25, 0.3) is 0 Å². The molecule has 3 aromatic rings. The number of hydrogen-bond acceptors (Lipinski definition) is 6. The van der Waals surface area contributed by atoms with Gasteiger partial charge in [-0.15, -0.1) is 10.2 Å². The summed E-state index contributed by atoms with van der Waals surface area (Å²) in [6.45, 7) is 6.83. The average molecular weight is 493 g/mol. The van der Waals surface area contributed by atoms with Crippen molar-refractivity contribution < 1.29 is 17.5 Å². The molecular weight excluding hydrogens is 463 g/mol. The first-order chi connectivity index (χ1) is 15.8. The van der Waals surface area contributed by atoms with Crippen LogP contribution in [0.1, 0.15) is 32.4 Å². The van der Waals surface area contributed by atoms with E-state index in [2.05, 4.69) is 10.2 Å². The molecule has 0 spiro atoms. The lowest BCUT2D eigenvalue weighted by Crippen LogP contribution is -2.30. The molecule has 10 heteroatoms. The summed E-state index contributed by atoms with van der Waals surface area (Å²) in [5.41, 5.74) is 1.49. The summed E-state index contributed by atoms with van der Waals surface area (Å²) < 4.78 is 48.3. The minimum absolute atomic E-state index is 0.0990. The highest BCUT2D eigenvalue weighted by molar-refractivity contribution is 7.98. The van der Waals surface area contributed by atoms with Crippen molar-refractivity contribution in [1.29, 1.82) is 0 Å². The van der Waals surface area contributed by atoms with Gasteiger partial charge in [0.05, 0.1) is 17.5 Å². The summed E-state index contributed by atoms with van der Waals surface area (Å²) in [6, 6.07) is 13.1. The van der Waals surface area contributed by atoms with Crippen LogP contribution in [0.4, 0.5) is 4.39 Å². The number of thioether (sulfide) groups is 1. The Morgan fingerprint density at radius 2 is 1.85 bits per heavy atom. The van der Waals surface area contributed by atoms with Crippen LogP contribution in [0.2, 0.25) is 0 Å². The molecule has 0 bridgehead atoms. The van der Waals surface area contributed by atoms with Crippen LogP contribution in [0.3, 0.4) is 0 Å². The third kappa shape index (κ3) is 5.81. The highest BCUT2D eigenvalue weighted by atomic mass is 32.2. The van der Waals surface area contributed by atoms with Crippen LogP contribution in [0.5, 0.6) is 0 Å². The van der Waals surface area contributed by atoms with Crippen molar-refractivity contribution in [2.75, 3.05) is 26.8 Å². The maximum absolute atomic E-state index is 13.6. The second kappa shape index (κ2) is 11.2. The maximum Gasteiger partial charge on any atom is 0.243 e. The molecule has 0 saturated heterocycles. The van der Waals surface area contributed by atoms with Gasteiger partial charge in [-0.3, -0.25) is 4.57 Å². The Morgan fingerprint density at radius 3 is 2.52 bits per heavy atom. The van der Waals surface area contributed by atoms with Gasteiger partial charge < -0.3 is 4.74 Å². The number of halogens is 1. The van der Waals surface area contributed by atoms with Crippen LogP contribution in [-0.4, -0.2) is 54.3 Å². The first kappa shape index (κ1) is 25.4. The summed E-state index contributed by atoms with van der Waals surface area (Å²) in [7, 11) is -1.99. The predicted molar refractivity (Wildman–Crippen MR) is 128 cm³/mol. The van der Waals surface area contributed by atoms with Crippen LogP contribution >= 0.6 is 11.8 Å². The lowest BCUT2D eigenvalue weighted by Gasteiger charge is -2.20. The quantitative estimate of drug-likeness (QED) is 0.364. The second-order valence-electron chi connectivity index (χ2n) is 7.52. The molecule has 1 heterocycles. The Hall–Kier alpha value is -2.27. The van der Waals surface area contributed by atoms with Crippen LogP contribution in [0.15, 0.2) is 58.6 Å². The summed E-state index contributed by atoms with van der Waals surface area (Å²) in [5, 5.41) is 9.39. The second-order valence-corrected chi connectivity index (χ2v) is 10.4. The van der Waals surface area contributed by atoms with E-state index in [1.807, 2.05) is 37.5 Å². The van der Waals surface area contributed by atoms with Gasteiger partial charge in [-0.2, -0.15) is 4.31 Å². The first-order valence-corrected chi connectivity index (χ1v) is 13.2. The zero-order chi connectivity index (χ0) is 24.0. The molecule has 0 radical (unpaired) electrons. The Balaban J connectivity index is 1.99. The monoisotopic (exact) mass is 492 g/mol. The summed E-state index contributed by atoms with van der Waals surface area (Å²) >= 11 is 1.44. The van der Waals surface area contributed by atoms with Crippen molar-refractivity contribution in [2.24, 2.45) is 0 Å². The molecular formula is C23H29FN4O3S2. The first-order valence-electron chi connectivity index (χ1n) is 10.7. The molecule has 0 aliphatic heterocycles. The lowest BCUT2D eigenvalue weighted by atomic mass is 10.2. The molecule has 0 aliphatic carbocycles. The Morgan fingerprint density at radius 1 is 1.12 bits per heavy atom. The summed E-state index contributed by atoms with van der Waals surface area (Å²) in [6.07, 6.45) is 0. The van der Waals surface area contributed by atoms with Gasteiger partial charge in [0, 0.05) is 31.5 Å². The number of sulfonamides is 1. The number of rotatable bonds is 11. The molecule has 2 aromatic carbocycles. The zero-order valence-corrected chi connectivity index (χ0v) is 20.9. The third-order valence-electron chi connectivity index (χ3n) is 5.21. The van der Waals surface area contributed by atoms with E-state index in [9.17, 15) is 12.8 Å². The van der Waals surface area contributed by atoms with Crippen molar-refractivity contribution in [3.05, 3.63) is 59.9 Å². The molecule has 33 heavy (non-hydrogen) atoms.